The molecular formula is C24H26N2O7. The molecule has 3 atom stereocenters. The Bertz CT molecular complexity index is 1160. The number of likely N-dealkylation sites (tertiary alicyclic amines) is 1. The van der Waals surface area contributed by atoms with Crippen LogP contribution < -0.4 is 5.73 Å². The summed E-state index contributed by atoms with van der Waals surface area (Å²) in [6, 6.07) is 3.30. The molecule has 33 heavy (non-hydrogen) atoms. The van der Waals surface area contributed by atoms with Crippen LogP contribution in [0.2, 0.25) is 0 Å². The van der Waals surface area contributed by atoms with E-state index in [9.17, 15) is 34.8 Å². The first-order valence-electron chi connectivity index (χ1n) is 11.2. The number of nitrogens with zero attached hydrogens (tertiary/aromatic N) is 1. The molecule has 4 aliphatic rings. The third-order valence-corrected chi connectivity index (χ3v) is 7.64. The first kappa shape index (κ1) is 21.7. The average Bonchev–Trinajstić information content (AvgIpc) is 3.25. The predicted octanol–water partition coefficient (Wildman–Crippen LogP) is 1.02. The molecule has 1 aromatic rings. The van der Waals surface area contributed by atoms with E-state index in [1.807, 2.05) is 6.07 Å². The number of phenolic OH excluding ortho intramolecular Hbond substituents is 1. The van der Waals surface area contributed by atoms with Gasteiger partial charge in [-0.2, -0.15) is 0 Å². The van der Waals surface area contributed by atoms with Crippen LogP contribution in [0, 0.1) is 11.8 Å². The molecule has 1 aliphatic heterocycles. The van der Waals surface area contributed by atoms with Gasteiger partial charge in [-0.25, -0.2) is 0 Å². The van der Waals surface area contributed by atoms with E-state index in [1.54, 1.807) is 0 Å². The Morgan fingerprint density at radius 3 is 2.48 bits per heavy atom. The van der Waals surface area contributed by atoms with Crippen LogP contribution in [-0.4, -0.2) is 61.5 Å². The molecule has 1 saturated heterocycles. The zero-order valence-electron chi connectivity index (χ0n) is 18.0. The van der Waals surface area contributed by atoms with E-state index in [0.29, 0.717) is 13.0 Å². The summed E-state index contributed by atoms with van der Waals surface area (Å²) in [6.07, 6.45) is 2.40. The molecule has 0 spiro atoms. The number of hydrogen-bond donors (Lipinski definition) is 5. The lowest BCUT2D eigenvalue weighted by Gasteiger charge is -2.46. The lowest BCUT2D eigenvalue weighted by Crippen LogP contribution is -2.58. The number of aliphatic hydroxyl groups excluding tert-OH is 2. The molecule has 0 aromatic heterocycles. The van der Waals surface area contributed by atoms with Gasteiger partial charge in [0.25, 0.3) is 5.91 Å². The van der Waals surface area contributed by atoms with E-state index in [0.717, 1.165) is 37.1 Å². The first-order valence-corrected chi connectivity index (χ1v) is 11.2. The van der Waals surface area contributed by atoms with Crippen LogP contribution >= 0.6 is 0 Å². The standard InChI is InChI=1S/C24H26N2O7/c25-23(32)19-16(28)9-13-7-12-8-14-11(10-26-5-1-2-6-26)3-4-15(27)18(14)20(29)17(12)21(30)24(13,33)22(19)31/h3-4,12-13,27,29,31,33H,1-2,5-10H2,(H2,25,32)/t12-,13+,24+/m1/s1. The molecule has 6 N–H and O–H groups in total. The van der Waals surface area contributed by atoms with Gasteiger partial charge < -0.3 is 26.2 Å². The summed E-state index contributed by atoms with van der Waals surface area (Å²) in [5.74, 6) is -6.06. The van der Waals surface area contributed by atoms with Crippen molar-refractivity contribution in [3.05, 3.63) is 45.7 Å². The highest BCUT2D eigenvalue weighted by molar-refractivity contribution is 6.22. The second-order valence-electron chi connectivity index (χ2n) is 9.49. The van der Waals surface area contributed by atoms with Crippen molar-refractivity contribution in [3.8, 4) is 5.75 Å². The van der Waals surface area contributed by atoms with E-state index < -0.39 is 52.0 Å². The Morgan fingerprint density at radius 2 is 1.82 bits per heavy atom. The smallest absolute Gasteiger partial charge is 0.255 e. The molecule has 1 amide bonds. The molecule has 0 bridgehead atoms. The van der Waals surface area contributed by atoms with Gasteiger partial charge in [0.1, 0.15) is 22.8 Å². The quantitative estimate of drug-likeness (QED) is 0.423. The van der Waals surface area contributed by atoms with E-state index in [4.69, 9.17) is 5.73 Å². The summed E-state index contributed by atoms with van der Waals surface area (Å²) in [4.78, 5) is 39.9. The maximum atomic E-state index is 13.5. The number of carbonyl (C=O) groups is 3. The number of fused-ring (bicyclic) bond motifs is 3. The minimum atomic E-state index is -2.53. The Kier molecular flexibility index (Phi) is 4.88. The van der Waals surface area contributed by atoms with Gasteiger partial charge in [-0.1, -0.05) is 6.07 Å². The van der Waals surface area contributed by atoms with Gasteiger partial charge in [0.05, 0.1) is 5.56 Å². The Morgan fingerprint density at radius 1 is 1.12 bits per heavy atom. The van der Waals surface area contributed by atoms with Crippen molar-refractivity contribution in [2.24, 2.45) is 17.6 Å². The van der Waals surface area contributed by atoms with Gasteiger partial charge in [0, 0.05) is 24.5 Å². The summed E-state index contributed by atoms with van der Waals surface area (Å²) in [6.45, 7) is 2.59. The number of hydrogen-bond acceptors (Lipinski definition) is 8. The highest BCUT2D eigenvalue weighted by Crippen LogP contribution is 2.52. The Labute approximate surface area is 189 Å². The number of phenols is 1. The minimum absolute atomic E-state index is 0.111. The molecule has 3 aliphatic carbocycles. The second kappa shape index (κ2) is 7.43. The predicted molar refractivity (Wildman–Crippen MR) is 116 cm³/mol. The minimum Gasteiger partial charge on any atom is -0.508 e. The highest BCUT2D eigenvalue weighted by atomic mass is 16.3. The van der Waals surface area contributed by atoms with Crippen LogP contribution in [0.25, 0.3) is 5.76 Å². The third kappa shape index (κ3) is 3.02. The lowest BCUT2D eigenvalue weighted by molar-refractivity contribution is -0.147. The molecule has 174 valence electrons. The lowest BCUT2D eigenvalue weighted by atomic mass is 9.59. The summed E-state index contributed by atoms with van der Waals surface area (Å²) in [7, 11) is 0. The van der Waals surface area contributed by atoms with E-state index in [-0.39, 0.29) is 29.7 Å². The summed E-state index contributed by atoms with van der Waals surface area (Å²) in [5.41, 5.74) is 3.62. The number of amides is 1. The molecular weight excluding hydrogens is 428 g/mol. The maximum Gasteiger partial charge on any atom is 0.255 e. The number of nitrogens with two attached hydrogens (primary N) is 1. The topological polar surface area (TPSA) is 161 Å². The van der Waals surface area contributed by atoms with Gasteiger partial charge in [-0.05, 0) is 61.9 Å². The molecule has 1 saturated carbocycles. The van der Waals surface area contributed by atoms with Crippen molar-refractivity contribution in [3.63, 3.8) is 0 Å². The number of primary amides is 1. The Balaban J connectivity index is 1.63. The number of ketones is 2. The van der Waals surface area contributed by atoms with Crippen molar-refractivity contribution >= 4 is 23.2 Å². The molecule has 5 rings (SSSR count). The fraction of sp³-hybridized carbons (Fsp3) is 0.458. The normalized spacial score (nSPS) is 29.7. The molecule has 0 radical (unpaired) electrons. The monoisotopic (exact) mass is 454 g/mol. The number of carbonyl (C=O) groups excluding carboxylic acids is 3. The van der Waals surface area contributed by atoms with Gasteiger partial charge in [-0.15, -0.1) is 0 Å². The van der Waals surface area contributed by atoms with Crippen LogP contribution in [0.5, 0.6) is 5.75 Å². The fourth-order valence-corrected chi connectivity index (χ4v) is 6.02. The van der Waals surface area contributed by atoms with E-state index in [1.165, 1.54) is 6.07 Å². The van der Waals surface area contributed by atoms with Crippen molar-refractivity contribution in [1.82, 2.24) is 4.90 Å². The van der Waals surface area contributed by atoms with Crippen LogP contribution in [-0.2, 0) is 27.3 Å². The third-order valence-electron chi connectivity index (χ3n) is 7.64. The number of Topliss-reactive ketones (excluding diaryl/α,β-unsaturated/α-hetero) is 2. The van der Waals surface area contributed by atoms with Crippen molar-refractivity contribution < 1.29 is 34.8 Å². The van der Waals surface area contributed by atoms with Gasteiger partial charge in [0.15, 0.2) is 11.4 Å². The van der Waals surface area contributed by atoms with E-state index >= 15 is 0 Å². The molecule has 1 heterocycles. The number of aliphatic hydroxyl groups is 3. The van der Waals surface area contributed by atoms with Gasteiger partial charge in [0.2, 0.25) is 5.78 Å². The van der Waals surface area contributed by atoms with Crippen molar-refractivity contribution in [1.29, 1.82) is 0 Å². The zero-order chi connectivity index (χ0) is 23.7. The van der Waals surface area contributed by atoms with Crippen molar-refractivity contribution in [2.45, 2.75) is 44.2 Å². The molecule has 9 nitrogen and oxygen atoms in total. The molecule has 2 fully saturated rings. The molecule has 0 unspecified atom stereocenters. The van der Waals surface area contributed by atoms with E-state index in [2.05, 4.69) is 4.90 Å². The van der Waals surface area contributed by atoms with Crippen LogP contribution in [0.4, 0.5) is 0 Å². The number of aromatic hydroxyl groups is 1. The van der Waals surface area contributed by atoms with Gasteiger partial charge >= 0.3 is 0 Å². The van der Waals surface area contributed by atoms with Crippen LogP contribution in [0.1, 0.15) is 42.4 Å². The largest absolute Gasteiger partial charge is 0.508 e. The number of rotatable bonds is 3. The number of benzene rings is 1. The summed E-state index contributed by atoms with van der Waals surface area (Å²) < 4.78 is 0. The Hall–Kier alpha value is -3.17. The SMILES string of the molecule is NC(=O)C1=C(O)[C@@]2(O)C(=O)C3=C(O)c4c(O)ccc(CN5CCCC5)c4C[C@H]3C[C@H]2CC1=O. The highest BCUT2D eigenvalue weighted by Gasteiger charge is 2.60. The van der Waals surface area contributed by atoms with Crippen LogP contribution in [0.15, 0.2) is 29.0 Å². The zero-order valence-corrected chi connectivity index (χ0v) is 18.0. The summed E-state index contributed by atoms with van der Waals surface area (Å²) >= 11 is 0. The average molecular weight is 454 g/mol. The van der Waals surface area contributed by atoms with Crippen molar-refractivity contribution in [2.75, 3.05) is 13.1 Å². The first-order chi connectivity index (χ1) is 15.6. The molecule has 9 heteroatoms. The fourth-order valence-electron chi connectivity index (χ4n) is 6.02. The van der Waals surface area contributed by atoms with Gasteiger partial charge in [-0.3, -0.25) is 19.3 Å². The maximum absolute atomic E-state index is 13.5. The van der Waals surface area contributed by atoms with Crippen LogP contribution in [0.3, 0.4) is 0 Å². The molecule has 1 aromatic carbocycles. The second-order valence-corrected chi connectivity index (χ2v) is 9.49. The summed E-state index contributed by atoms with van der Waals surface area (Å²) in [5, 5.41) is 43.5.